The second kappa shape index (κ2) is 6.20. The van der Waals surface area contributed by atoms with Gasteiger partial charge in [0.2, 0.25) is 0 Å². The number of furan rings is 1. The smallest absolute Gasteiger partial charge is 0.138 e. The van der Waals surface area contributed by atoms with Crippen molar-refractivity contribution in [3.05, 3.63) is 50.3 Å². The molecule has 0 spiro atoms. The summed E-state index contributed by atoms with van der Waals surface area (Å²) < 4.78 is 12.0. The number of benzene rings is 1. The Labute approximate surface area is 132 Å². The molecule has 108 valence electrons. The average Bonchev–Trinajstić information content (AvgIpc) is 2.69. The van der Waals surface area contributed by atoms with E-state index in [4.69, 9.17) is 20.8 Å². The van der Waals surface area contributed by atoms with Crippen LogP contribution in [-0.2, 0) is 0 Å². The summed E-state index contributed by atoms with van der Waals surface area (Å²) >= 11 is 9.67. The molecule has 3 nitrogen and oxygen atoms in total. The SMILES string of the molecule is CNC(c1cc(C)oc1C)c1cc(Cl)cc(Br)c1OC. The van der Waals surface area contributed by atoms with Gasteiger partial charge in [-0.15, -0.1) is 0 Å². The number of rotatable bonds is 4. The molecule has 1 N–H and O–H groups in total. The van der Waals surface area contributed by atoms with Crippen molar-refractivity contribution < 1.29 is 9.15 Å². The zero-order chi connectivity index (χ0) is 14.9. The van der Waals surface area contributed by atoms with E-state index in [2.05, 4.69) is 21.2 Å². The lowest BCUT2D eigenvalue weighted by atomic mass is 9.98. The van der Waals surface area contributed by atoms with Crippen molar-refractivity contribution >= 4 is 27.5 Å². The molecule has 0 fully saturated rings. The molecular weight excluding hydrogens is 342 g/mol. The molecule has 20 heavy (non-hydrogen) atoms. The van der Waals surface area contributed by atoms with E-state index < -0.39 is 0 Å². The fourth-order valence-electron chi connectivity index (χ4n) is 2.43. The van der Waals surface area contributed by atoms with Crippen LogP contribution in [-0.4, -0.2) is 14.2 Å². The first-order valence-electron chi connectivity index (χ1n) is 6.25. The third-order valence-electron chi connectivity index (χ3n) is 3.23. The molecule has 0 radical (unpaired) electrons. The molecule has 1 atom stereocenters. The summed E-state index contributed by atoms with van der Waals surface area (Å²) in [4.78, 5) is 0. The lowest BCUT2D eigenvalue weighted by molar-refractivity contribution is 0.402. The first-order valence-corrected chi connectivity index (χ1v) is 7.42. The van der Waals surface area contributed by atoms with Crippen molar-refractivity contribution in [3.63, 3.8) is 0 Å². The predicted octanol–water partition coefficient (Wildman–Crippen LogP) is 4.63. The summed E-state index contributed by atoms with van der Waals surface area (Å²) in [7, 11) is 3.55. The highest BCUT2D eigenvalue weighted by atomic mass is 79.9. The predicted molar refractivity (Wildman–Crippen MR) is 84.8 cm³/mol. The second-order valence-electron chi connectivity index (χ2n) is 4.60. The lowest BCUT2D eigenvalue weighted by Crippen LogP contribution is -2.19. The molecule has 2 rings (SSSR count). The van der Waals surface area contributed by atoms with Crippen molar-refractivity contribution in [1.29, 1.82) is 0 Å². The van der Waals surface area contributed by atoms with Crippen LogP contribution in [0, 0.1) is 13.8 Å². The molecule has 1 unspecified atom stereocenters. The van der Waals surface area contributed by atoms with Crippen molar-refractivity contribution in [3.8, 4) is 5.75 Å². The summed E-state index contributed by atoms with van der Waals surface area (Å²) in [5, 5.41) is 3.96. The van der Waals surface area contributed by atoms with E-state index in [-0.39, 0.29) is 6.04 Å². The van der Waals surface area contributed by atoms with Crippen LogP contribution in [0.3, 0.4) is 0 Å². The van der Waals surface area contributed by atoms with Gasteiger partial charge in [0.25, 0.3) is 0 Å². The van der Waals surface area contributed by atoms with Crippen molar-refractivity contribution in [2.45, 2.75) is 19.9 Å². The molecule has 2 aromatic rings. The van der Waals surface area contributed by atoms with E-state index in [1.54, 1.807) is 7.11 Å². The van der Waals surface area contributed by atoms with Crippen LogP contribution in [0.25, 0.3) is 0 Å². The number of hydrogen-bond acceptors (Lipinski definition) is 3. The molecule has 1 heterocycles. The van der Waals surface area contributed by atoms with E-state index in [9.17, 15) is 0 Å². The van der Waals surface area contributed by atoms with Gasteiger partial charge in [0.15, 0.2) is 0 Å². The lowest BCUT2D eigenvalue weighted by Gasteiger charge is -2.20. The van der Waals surface area contributed by atoms with Gasteiger partial charge in [-0.3, -0.25) is 0 Å². The minimum atomic E-state index is -0.0441. The minimum absolute atomic E-state index is 0.0441. The van der Waals surface area contributed by atoms with E-state index >= 15 is 0 Å². The Hall–Kier alpha value is -0.970. The molecule has 0 aliphatic heterocycles. The third kappa shape index (κ3) is 2.87. The molecule has 5 heteroatoms. The van der Waals surface area contributed by atoms with Crippen molar-refractivity contribution in [1.82, 2.24) is 5.32 Å². The Bertz CT molecular complexity index is 625. The van der Waals surface area contributed by atoms with Gasteiger partial charge in [0, 0.05) is 16.1 Å². The topological polar surface area (TPSA) is 34.4 Å². The van der Waals surface area contributed by atoms with Crippen molar-refractivity contribution in [2.75, 3.05) is 14.2 Å². The molecule has 0 aliphatic rings. The van der Waals surface area contributed by atoms with Crippen LogP contribution in [0.15, 0.2) is 27.1 Å². The Balaban J connectivity index is 2.60. The maximum atomic E-state index is 6.18. The summed E-state index contributed by atoms with van der Waals surface area (Å²) in [5.41, 5.74) is 2.05. The number of methoxy groups -OCH3 is 1. The largest absolute Gasteiger partial charge is 0.495 e. The quantitative estimate of drug-likeness (QED) is 0.865. The third-order valence-corrected chi connectivity index (χ3v) is 4.04. The van der Waals surface area contributed by atoms with Crippen LogP contribution < -0.4 is 10.1 Å². The number of ether oxygens (including phenoxy) is 1. The highest BCUT2D eigenvalue weighted by Gasteiger charge is 2.23. The molecule has 0 aliphatic carbocycles. The van der Waals surface area contributed by atoms with Gasteiger partial charge >= 0.3 is 0 Å². The Kier molecular flexibility index (Phi) is 4.78. The zero-order valence-corrected chi connectivity index (χ0v) is 14.2. The molecule has 0 amide bonds. The van der Waals surface area contributed by atoms with E-state index in [0.29, 0.717) is 5.02 Å². The highest BCUT2D eigenvalue weighted by molar-refractivity contribution is 9.10. The fraction of sp³-hybridized carbons (Fsp3) is 0.333. The van der Waals surface area contributed by atoms with Gasteiger partial charge < -0.3 is 14.5 Å². The minimum Gasteiger partial charge on any atom is -0.495 e. The van der Waals surface area contributed by atoms with Gasteiger partial charge in [-0.1, -0.05) is 11.6 Å². The van der Waals surface area contributed by atoms with Crippen LogP contribution in [0.1, 0.15) is 28.7 Å². The molecule has 0 bridgehead atoms. The second-order valence-corrected chi connectivity index (χ2v) is 5.89. The van der Waals surface area contributed by atoms with Crippen LogP contribution in [0.2, 0.25) is 5.02 Å². The summed E-state index contributed by atoms with van der Waals surface area (Å²) in [6, 6.07) is 5.72. The number of halogens is 2. The van der Waals surface area contributed by atoms with E-state index in [0.717, 1.165) is 32.9 Å². The summed E-state index contributed by atoms with van der Waals surface area (Å²) in [5.74, 6) is 2.55. The van der Waals surface area contributed by atoms with Gasteiger partial charge in [0.05, 0.1) is 17.6 Å². The maximum absolute atomic E-state index is 6.18. The number of aryl methyl sites for hydroxylation is 2. The monoisotopic (exact) mass is 357 g/mol. The van der Waals surface area contributed by atoms with Crippen LogP contribution in [0.4, 0.5) is 0 Å². The van der Waals surface area contributed by atoms with Gasteiger partial charge in [-0.2, -0.15) is 0 Å². The molecule has 1 aromatic carbocycles. The Morgan fingerprint density at radius 3 is 2.45 bits per heavy atom. The number of hydrogen-bond donors (Lipinski definition) is 1. The normalized spacial score (nSPS) is 12.5. The summed E-state index contributed by atoms with van der Waals surface area (Å²) in [6.07, 6.45) is 0. The first kappa shape index (κ1) is 15.4. The van der Waals surface area contributed by atoms with Crippen molar-refractivity contribution in [2.24, 2.45) is 0 Å². The number of nitrogens with one attached hydrogen (secondary N) is 1. The van der Waals surface area contributed by atoms with E-state index in [1.165, 1.54) is 0 Å². The van der Waals surface area contributed by atoms with Gasteiger partial charge in [-0.05, 0) is 55.0 Å². The standard InChI is InChI=1S/C15H17BrClNO2/c1-8-5-11(9(2)20-8)14(18-3)12-6-10(17)7-13(16)15(12)19-4/h5-7,14,18H,1-4H3. The Morgan fingerprint density at radius 1 is 1.25 bits per heavy atom. The molecule has 1 aromatic heterocycles. The zero-order valence-electron chi connectivity index (χ0n) is 11.9. The molecule has 0 saturated heterocycles. The fourth-order valence-corrected chi connectivity index (χ4v) is 3.42. The van der Waals surface area contributed by atoms with Crippen LogP contribution in [0.5, 0.6) is 5.75 Å². The molecule has 0 saturated carbocycles. The van der Waals surface area contributed by atoms with E-state index in [1.807, 2.05) is 39.1 Å². The van der Waals surface area contributed by atoms with Crippen LogP contribution >= 0.6 is 27.5 Å². The highest BCUT2D eigenvalue weighted by Crippen LogP contribution is 2.39. The maximum Gasteiger partial charge on any atom is 0.138 e. The van der Waals surface area contributed by atoms with Gasteiger partial charge in [0.1, 0.15) is 17.3 Å². The summed E-state index contributed by atoms with van der Waals surface area (Å²) in [6.45, 7) is 3.90. The Morgan fingerprint density at radius 2 is 1.95 bits per heavy atom. The van der Waals surface area contributed by atoms with Gasteiger partial charge in [-0.25, -0.2) is 0 Å². The average molecular weight is 359 g/mol. The first-order chi connectivity index (χ1) is 9.47. The molecular formula is C15H17BrClNO2.